The van der Waals surface area contributed by atoms with Crippen molar-refractivity contribution in [1.82, 2.24) is 15.2 Å². The van der Waals surface area contributed by atoms with Crippen molar-refractivity contribution in [3.05, 3.63) is 30.5 Å². The molecule has 3 aliphatic rings. The number of anilines is 1. The second-order valence-corrected chi connectivity index (χ2v) is 7.33. The topological polar surface area (TPSA) is 84.8 Å². The number of aromatic nitrogens is 1. The van der Waals surface area contributed by atoms with Crippen LogP contribution in [0.15, 0.2) is 30.5 Å². The van der Waals surface area contributed by atoms with Gasteiger partial charge in [0.05, 0.1) is 19.3 Å². The zero-order valence-corrected chi connectivity index (χ0v) is 14.9. The van der Waals surface area contributed by atoms with E-state index in [2.05, 4.69) is 15.2 Å². The van der Waals surface area contributed by atoms with E-state index >= 15 is 0 Å². The minimum absolute atomic E-state index is 0.121. The van der Waals surface area contributed by atoms with Crippen molar-refractivity contribution in [2.24, 2.45) is 0 Å². The monoisotopic (exact) mass is 370 g/mol. The molecule has 0 bridgehead atoms. The maximum Gasteiger partial charge on any atom is 0.328 e. The third-order valence-electron chi connectivity index (χ3n) is 5.62. The van der Waals surface area contributed by atoms with Crippen LogP contribution in [-0.4, -0.2) is 55.1 Å². The van der Waals surface area contributed by atoms with Gasteiger partial charge in [0.1, 0.15) is 0 Å². The summed E-state index contributed by atoms with van der Waals surface area (Å²) in [6.07, 6.45) is 3.24. The van der Waals surface area contributed by atoms with Crippen LogP contribution in [0.5, 0.6) is 0 Å². The van der Waals surface area contributed by atoms with E-state index in [0.717, 1.165) is 36.1 Å². The van der Waals surface area contributed by atoms with Gasteiger partial charge in [-0.1, -0.05) is 0 Å². The molecule has 0 unspecified atom stereocenters. The number of carbonyl (C=O) groups excluding carboxylic acids is 2. The molecule has 27 heavy (non-hydrogen) atoms. The number of rotatable bonds is 2. The van der Waals surface area contributed by atoms with Gasteiger partial charge < -0.3 is 19.4 Å². The van der Waals surface area contributed by atoms with E-state index in [4.69, 9.17) is 9.47 Å². The molecule has 0 saturated carbocycles. The lowest BCUT2D eigenvalue weighted by Crippen LogP contribution is -2.49. The number of amides is 3. The summed E-state index contributed by atoms with van der Waals surface area (Å²) in [4.78, 5) is 25.0. The maximum atomic E-state index is 12.1. The van der Waals surface area contributed by atoms with Crippen LogP contribution in [0.3, 0.4) is 0 Å². The van der Waals surface area contributed by atoms with E-state index < -0.39 is 5.79 Å². The summed E-state index contributed by atoms with van der Waals surface area (Å²) in [5.41, 5.74) is 1.86. The molecule has 2 N–H and O–H groups in total. The highest BCUT2D eigenvalue weighted by Gasteiger charge is 2.40. The Hall–Kier alpha value is -2.42. The molecule has 142 valence electrons. The second-order valence-electron chi connectivity index (χ2n) is 7.33. The average Bonchev–Trinajstić information content (AvgIpc) is 3.29. The van der Waals surface area contributed by atoms with E-state index in [-0.39, 0.29) is 18.0 Å². The SMILES string of the molecule is O=C1CCN(c2ccc3c(ccn3C3COC4(CCNC4)OC3)c2)C(=O)N1. The summed E-state index contributed by atoms with van der Waals surface area (Å²) in [5.74, 6) is -0.679. The molecule has 8 nitrogen and oxygen atoms in total. The lowest BCUT2D eigenvalue weighted by molar-refractivity contribution is -0.267. The van der Waals surface area contributed by atoms with Gasteiger partial charge in [0, 0.05) is 55.3 Å². The van der Waals surface area contributed by atoms with Gasteiger partial charge in [-0.3, -0.25) is 15.0 Å². The largest absolute Gasteiger partial charge is 0.346 e. The van der Waals surface area contributed by atoms with Crippen LogP contribution in [0.2, 0.25) is 0 Å². The number of fused-ring (bicyclic) bond motifs is 1. The lowest BCUT2D eigenvalue weighted by Gasteiger charge is -2.37. The minimum Gasteiger partial charge on any atom is -0.346 e. The van der Waals surface area contributed by atoms with Crippen molar-refractivity contribution in [3.8, 4) is 0 Å². The van der Waals surface area contributed by atoms with Crippen molar-refractivity contribution in [2.45, 2.75) is 24.7 Å². The van der Waals surface area contributed by atoms with Crippen LogP contribution >= 0.6 is 0 Å². The smallest absolute Gasteiger partial charge is 0.328 e. The molecule has 3 amide bonds. The van der Waals surface area contributed by atoms with Gasteiger partial charge in [-0.25, -0.2) is 4.79 Å². The molecule has 3 aliphatic heterocycles. The van der Waals surface area contributed by atoms with Crippen LogP contribution in [0.25, 0.3) is 10.9 Å². The van der Waals surface area contributed by atoms with Gasteiger partial charge in [-0.05, 0) is 24.3 Å². The number of hydrogen-bond acceptors (Lipinski definition) is 5. The molecule has 1 aromatic heterocycles. The standard InChI is InChI=1S/C19H22N4O4/c24-17-4-8-23(18(25)21-17)14-1-2-16-13(9-14)3-7-22(16)15-10-26-19(27-11-15)5-6-20-12-19/h1-3,7,9,15,20H,4-6,8,10-12H2,(H,21,24,25). The van der Waals surface area contributed by atoms with Crippen LogP contribution in [0.4, 0.5) is 10.5 Å². The Kier molecular flexibility index (Phi) is 3.92. The Labute approximate surface area is 156 Å². The molecule has 0 atom stereocenters. The molecular formula is C19H22N4O4. The van der Waals surface area contributed by atoms with Crippen molar-refractivity contribution >= 4 is 28.5 Å². The molecule has 1 spiro atoms. The highest BCUT2D eigenvalue weighted by Crippen LogP contribution is 2.32. The molecule has 4 heterocycles. The molecule has 0 radical (unpaired) electrons. The summed E-state index contributed by atoms with van der Waals surface area (Å²) < 4.78 is 14.3. The van der Waals surface area contributed by atoms with Gasteiger partial charge in [0.2, 0.25) is 5.91 Å². The number of carbonyl (C=O) groups is 2. The Morgan fingerprint density at radius 3 is 2.74 bits per heavy atom. The molecule has 8 heteroatoms. The van der Waals surface area contributed by atoms with E-state index in [0.29, 0.717) is 26.2 Å². The highest BCUT2D eigenvalue weighted by atomic mass is 16.7. The van der Waals surface area contributed by atoms with Gasteiger partial charge in [0.25, 0.3) is 0 Å². The number of hydrogen-bond donors (Lipinski definition) is 2. The Morgan fingerprint density at radius 2 is 2.00 bits per heavy atom. The normalized spacial score (nSPS) is 28.9. The lowest BCUT2D eigenvalue weighted by atomic mass is 10.1. The number of imide groups is 1. The van der Waals surface area contributed by atoms with Gasteiger partial charge in [0.15, 0.2) is 5.79 Å². The zero-order valence-electron chi connectivity index (χ0n) is 14.9. The van der Waals surface area contributed by atoms with Crippen LogP contribution in [0, 0.1) is 0 Å². The fourth-order valence-electron chi connectivity index (χ4n) is 4.09. The third-order valence-corrected chi connectivity index (χ3v) is 5.62. The van der Waals surface area contributed by atoms with Crippen LogP contribution < -0.4 is 15.5 Å². The first-order valence-corrected chi connectivity index (χ1v) is 9.34. The first kappa shape index (κ1) is 16.7. The third kappa shape index (κ3) is 2.90. The Morgan fingerprint density at radius 1 is 1.15 bits per heavy atom. The van der Waals surface area contributed by atoms with Gasteiger partial charge in [-0.15, -0.1) is 0 Å². The maximum absolute atomic E-state index is 12.1. The molecule has 1 aromatic carbocycles. The molecule has 2 aromatic rings. The van der Waals surface area contributed by atoms with E-state index in [9.17, 15) is 9.59 Å². The number of benzene rings is 1. The molecule has 5 rings (SSSR count). The summed E-state index contributed by atoms with van der Waals surface area (Å²) in [6.45, 7) is 3.30. The minimum atomic E-state index is -0.453. The van der Waals surface area contributed by atoms with Gasteiger partial charge in [-0.2, -0.15) is 0 Å². The predicted octanol–water partition coefficient (Wildman–Crippen LogP) is 1.37. The number of nitrogens with zero attached hydrogens (tertiary/aromatic N) is 2. The first-order chi connectivity index (χ1) is 13.1. The fourth-order valence-corrected chi connectivity index (χ4v) is 4.09. The molecular weight excluding hydrogens is 348 g/mol. The summed E-state index contributed by atoms with van der Waals surface area (Å²) >= 11 is 0. The zero-order chi connectivity index (χ0) is 18.4. The number of nitrogens with one attached hydrogen (secondary N) is 2. The average molecular weight is 370 g/mol. The van der Waals surface area contributed by atoms with Crippen molar-refractivity contribution in [3.63, 3.8) is 0 Å². The highest BCUT2D eigenvalue weighted by molar-refractivity contribution is 6.06. The van der Waals surface area contributed by atoms with Gasteiger partial charge >= 0.3 is 6.03 Å². The van der Waals surface area contributed by atoms with E-state index in [1.165, 1.54) is 0 Å². The van der Waals surface area contributed by atoms with Crippen molar-refractivity contribution in [2.75, 3.05) is 37.7 Å². The fraction of sp³-hybridized carbons (Fsp3) is 0.474. The van der Waals surface area contributed by atoms with Crippen LogP contribution in [0.1, 0.15) is 18.9 Å². The first-order valence-electron chi connectivity index (χ1n) is 9.34. The summed E-state index contributed by atoms with van der Waals surface area (Å²) in [7, 11) is 0. The Balaban J connectivity index is 1.36. The number of ether oxygens (including phenoxy) is 2. The van der Waals surface area contributed by atoms with Crippen molar-refractivity contribution < 1.29 is 19.1 Å². The number of urea groups is 1. The predicted molar refractivity (Wildman–Crippen MR) is 98.6 cm³/mol. The van der Waals surface area contributed by atoms with Crippen molar-refractivity contribution in [1.29, 1.82) is 0 Å². The van der Waals surface area contributed by atoms with Crippen LogP contribution in [-0.2, 0) is 14.3 Å². The molecule has 3 fully saturated rings. The quantitative estimate of drug-likeness (QED) is 0.834. The summed E-state index contributed by atoms with van der Waals surface area (Å²) in [6, 6.07) is 7.70. The second kappa shape index (κ2) is 6.33. The molecule has 3 saturated heterocycles. The van der Waals surface area contributed by atoms with E-state index in [1.54, 1.807) is 4.90 Å². The summed E-state index contributed by atoms with van der Waals surface area (Å²) in [5, 5.41) is 6.69. The van der Waals surface area contributed by atoms with E-state index in [1.807, 2.05) is 30.5 Å². The Bertz CT molecular complexity index is 892. The molecule has 0 aliphatic carbocycles.